The summed E-state index contributed by atoms with van der Waals surface area (Å²) in [5.41, 5.74) is 1.75. The van der Waals surface area contributed by atoms with Crippen LogP contribution < -0.4 is 10.1 Å². The van der Waals surface area contributed by atoms with E-state index in [1.54, 1.807) is 24.6 Å². The molecule has 3 rings (SSSR count). The number of hydrogen-bond donors (Lipinski definition) is 1. The van der Waals surface area contributed by atoms with Crippen LogP contribution in [-0.2, 0) is 0 Å². The highest BCUT2D eigenvalue weighted by atomic mass is 35.5. The molecule has 0 spiro atoms. The first-order chi connectivity index (χ1) is 11.2. The van der Waals surface area contributed by atoms with E-state index >= 15 is 0 Å². The molecule has 0 aliphatic heterocycles. The molecule has 0 aliphatic carbocycles. The molecule has 1 amide bonds. The summed E-state index contributed by atoms with van der Waals surface area (Å²) >= 11 is 7.10. The van der Waals surface area contributed by atoms with E-state index < -0.39 is 0 Å². The third kappa shape index (κ3) is 3.49. The second kappa shape index (κ2) is 6.76. The van der Waals surface area contributed by atoms with Crippen LogP contribution in [0.4, 0.5) is 5.69 Å². The predicted molar refractivity (Wildman–Crippen MR) is 91.3 cm³/mol. The normalized spacial score (nSPS) is 10.3. The quantitative estimate of drug-likeness (QED) is 0.722. The maximum atomic E-state index is 12.2. The smallest absolute Gasteiger partial charge is 0.275 e. The summed E-state index contributed by atoms with van der Waals surface area (Å²) in [6, 6.07) is 10.8. The molecular formula is C16H12ClN3O2S. The molecule has 0 saturated carbocycles. The van der Waals surface area contributed by atoms with Gasteiger partial charge in [0.2, 0.25) is 0 Å². The van der Waals surface area contributed by atoms with Gasteiger partial charge in [-0.15, -0.1) is 11.3 Å². The van der Waals surface area contributed by atoms with Crippen LogP contribution in [0, 0.1) is 0 Å². The molecular weight excluding hydrogens is 334 g/mol. The van der Waals surface area contributed by atoms with Crippen LogP contribution >= 0.6 is 22.9 Å². The number of pyridine rings is 1. The molecule has 0 bridgehead atoms. The molecule has 7 heteroatoms. The molecule has 2 heterocycles. The highest BCUT2D eigenvalue weighted by Crippen LogP contribution is 2.31. The molecule has 0 unspecified atom stereocenters. The number of carbonyl (C=O) groups is 1. The summed E-state index contributed by atoms with van der Waals surface area (Å²) in [5.74, 6) is 0.419. The Morgan fingerprint density at radius 3 is 2.83 bits per heavy atom. The minimum Gasteiger partial charge on any atom is -0.496 e. The van der Waals surface area contributed by atoms with Crippen molar-refractivity contribution < 1.29 is 9.53 Å². The average molecular weight is 346 g/mol. The van der Waals surface area contributed by atoms with Crippen molar-refractivity contribution in [1.82, 2.24) is 9.97 Å². The number of methoxy groups -OCH3 is 1. The third-order valence-corrected chi connectivity index (χ3v) is 4.16. The fraction of sp³-hybridized carbons (Fsp3) is 0.0625. The SMILES string of the molecule is COc1ccccc1-c1nc(C(=O)Nc2ccc(Cl)nc2)cs1. The van der Waals surface area contributed by atoms with Crippen molar-refractivity contribution in [3.05, 3.63) is 58.8 Å². The Morgan fingerprint density at radius 2 is 2.09 bits per heavy atom. The van der Waals surface area contributed by atoms with Gasteiger partial charge in [0.1, 0.15) is 21.6 Å². The standard InChI is InChI=1S/C16H12ClN3O2S/c1-22-13-5-3-2-4-11(13)16-20-12(9-23-16)15(21)19-10-6-7-14(17)18-8-10/h2-9H,1H3,(H,19,21). The maximum Gasteiger partial charge on any atom is 0.275 e. The van der Waals surface area contributed by atoms with Gasteiger partial charge in [-0.3, -0.25) is 4.79 Å². The van der Waals surface area contributed by atoms with Crippen molar-refractivity contribution in [2.75, 3.05) is 12.4 Å². The molecule has 0 atom stereocenters. The molecule has 23 heavy (non-hydrogen) atoms. The lowest BCUT2D eigenvalue weighted by Crippen LogP contribution is -2.12. The highest BCUT2D eigenvalue weighted by Gasteiger charge is 2.14. The Labute approximate surface area is 141 Å². The van der Waals surface area contributed by atoms with Crippen molar-refractivity contribution in [2.24, 2.45) is 0 Å². The molecule has 2 aromatic heterocycles. The highest BCUT2D eigenvalue weighted by molar-refractivity contribution is 7.13. The lowest BCUT2D eigenvalue weighted by molar-refractivity contribution is 0.102. The van der Waals surface area contributed by atoms with Gasteiger partial charge in [-0.05, 0) is 24.3 Å². The van der Waals surface area contributed by atoms with Gasteiger partial charge in [-0.25, -0.2) is 9.97 Å². The molecule has 116 valence electrons. The van der Waals surface area contributed by atoms with Crippen molar-refractivity contribution >= 4 is 34.5 Å². The zero-order valence-corrected chi connectivity index (χ0v) is 13.7. The maximum absolute atomic E-state index is 12.2. The largest absolute Gasteiger partial charge is 0.496 e. The summed E-state index contributed by atoms with van der Waals surface area (Å²) in [4.78, 5) is 20.5. The number of hydrogen-bond acceptors (Lipinski definition) is 5. The summed E-state index contributed by atoms with van der Waals surface area (Å²) in [6.45, 7) is 0. The van der Waals surface area contributed by atoms with E-state index in [-0.39, 0.29) is 5.91 Å². The molecule has 3 aromatic rings. The molecule has 1 aromatic carbocycles. The van der Waals surface area contributed by atoms with Crippen LogP contribution in [0.2, 0.25) is 5.15 Å². The topological polar surface area (TPSA) is 64.1 Å². The average Bonchev–Trinajstić information content (AvgIpc) is 3.07. The van der Waals surface area contributed by atoms with Crippen LogP contribution in [0.5, 0.6) is 5.75 Å². The predicted octanol–water partition coefficient (Wildman–Crippen LogP) is 4.12. The first-order valence-electron chi connectivity index (χ1n) is 6.69. The first kappa shape index (κ1) is 15.5. The number of carbonyl (C=O) groups excluding carboxylic acids is 1. The van der Waals surface area contributed by atoms with E-state index in [1.807, 2.05) is 24.3 Å². The van der Waals surface area contributed by atoms with Crippen LogP contribution in [0.25, 0.3) is 10.6 Å². The van der Waals surface area contributed by atoms with E-state index in [2.05, 4.69) is 15.3 Å². The lowest BCUT2D eigenvalue weighted by Gasteiger charge is -2.05. The van der Waals surface area contributed by atoms with E-state index in [0.717, 1.165) is 16.3 Å². The zero-order chi connectivity index (χ0) is 16.2. The van der Waals surface area contributed by atoms with Crippen molar-refractivity contribution in [2.45, 2.75) is 0 Å². The summed E-state index contributed by atoms with van der Waals surface area (Å²) in [5, 5.41) is 5.53. The Balaban J connectivity index is 1.81. The molecule has 0 aliphatic rings. The number of para-hydroxylation sites is 1. The lowest BCUT2D eigenvalue weighted by atomic mass is 10.2. The molecule has 0 saturated heterocycles. The van der Waals surface area contributed by atoms with Crippen LogP contribution in [0.3, 0.4) is 0 Å². The zero-order valence-electron chi connectivity index (χ0n) is 12.1. The van der Waals surface area contributed by atoms with Gasteiger partial charge in [-0.2, -0.15) is 0 Å². The van der Waals surface area contributed by atoms with E-state index in [1.165, 1.54) is 17.5 Å². The summed E-state index contributed by atoms with van der Waals surface area (Å²) in [7, 11) is 1.60. The molecule has 5 nitrogen and oxygen atoms in total. The number of nitrogens with one attached hydrogen (secondary N) is 1. The molecule has 0 fully saturated rings. The van der Waals surface area contributed by atoms with Crippen molar-refractivity contribution in [1.29, 1.82) is 0 Å². The van der Waals surface area contributed by atoms with E-state index in [0.29, 0.717) is 16.5 Å². The fourth-order valence-electron chi connectivity index (χ4n) is 1.97. The first-order valence-corrected chi connectivity index (χ1v) is 7.95. The Hall–Kier alpha value is -2.44. The van der Waals surface area contributed by atoms with Crippen LogP contribution in [0.15, 0.2) is 48.0 Å². The Kier molecular flexibility index (Phi) is 4.55. The third-order valence-electron chi connectivity index (χ3n) is 3.06. The van der Waals surface area contributed by atoms with Gasteiger partial charge in [0.05, 0.1) is 24.6 Å². The van der Waals surface area contributed by atoms with Crippen LogP contribution in [-0.4, -0.2) is 23.0 Å². The van der Waals surface area contributed by atoms with Gasteiger partial charge in [0, 0.05) is 5.38 Å². The number of nitrogens with zero attached hydrogens (tertiary/aromatic N) is 2. The molecule has 1 N–H and O–H groups in total. The van der Waals surface area contributed by atoms with Gasteiger partial charge < -0.3 is 10.1 Å². The monoisotopic (exact) mass is 345 g/mol. The van der Waals surface area contributed by atoms with E-state index in [4.69, 9.17) is 16.3 Å². The summed E-state index contributed by atoms with van der Waals surface area (Å²) in [6.07, 6.45) is 1.49. The second-order valence-electron chi connectivity index (χ2n) is 4.56. The minimum atomic E-state index is -0.300. The second-order valence-corrected chi connectivity index (χ2v) is 5.81. The van der Waals surface area contributed by atoms with Crippen molar-refractivity contribution in [3.63, 3.8) is 0 Å². The number of rotatable bonds is 4. The number of benzene rings is 1. The Bertz CT molecular complexity index is 833. The number of ether oxygens (including phenoxy) is 1. The fourth-order valence-corrected chi connectivity index (χ4v) is 2.91. The molecule has 0 radical (unpaired) electrons. The van der Waals surface area contributed by atoms with Gasteiger partial charge in [0.15, 0.2) is 0 Å². The van der Waals surface area contributed by atoms with Gasteiger partial charge in [0.25, 0.3) is 5.91 Å². The van der Waals surface area contributed by atoms with Crippen LogP contribution in [0.1, 0.15) is 10.5 Å². The number of thiazole rings is 1. The summed E-state index contributed by atoms with van der Waals surface area (Å²) < 4.78 is 5.32. The number of aromatic nitrogens is 2. The number of halogens is 1. The minimum absolute atomic E-state index is 0.300. The Morgan fingerprint density at radius 1 is 1.26 bits per heavy atom. The van der Waals surface area contributed by atoms with E-state index in [9.17, 15) is 4.79 Å². The number of amides is 1. The van der Waals surface area contributed by atoms with Gasteiger partial charge >= 0.3 is 0 Å². The van der Waals surface area contributed by atoms with Gasteiger partial charge in [-0.1, -0.05) is 23.7 Å². The number of anilines is 1. The van der Waals surface area contributed by atoms with Crippen molar-refractivity contribution in [3.8, 4) is 16.3 Å².